The first-order chi connectivity index (χ1) is 22.0. The van der Waals surface area contributed by atoms with Crippen molar-refractivity contribution in [1.82, 2.24) is 10.6 Å². The molecule has 2 saturated heterocycles. The second-order valence-corrected chi connectivity index (χ2v) is 11.6. The zero-order valence-electron chi connectivity index (χ0n) is 26.3. The van der Waals surface area contributed by atoms with E-state index in [2.05, 4.69) is 15.5 Å². The molecule has 2 aliphatic heterocycles. The average molecular weight is 669 g/mol. The molecule has 0 bridgehead atoms. The second-order valence-electron chi connectivity index (χ2n) is 11.6. The van der Waals surface area contributed by atoms with Crippen LogP contribution in [0.3, 0.4) is 0 Å². The maximum atomic E-state index is 12.4. The van der Waals surface area contributed by atoms with Gasteiger partial charge in [-0.1, -0.05) is 0 Å². The van der Waals surface area contributed by atoms with E-state index in [1.165, 1.54) is 6.92 Å². The number of ketones is 1. The number of rotatable bonds is 22. The van der Waals surface area contributed by atoms with Gasteiger partial charge in [-0.3, -0.25) is 19.6 Å². The van der Waals surface area contributed by atoms with Crippen molar-refractivity contribution in [3.05, 3.63) is 0 Å². The number of Topliss-reactive ketones (excluding diaryl/α,β-unsaturated/α-hetero) is 1. The lowest BCUT2D eigenvalue weighted by Crippen LogP contribution is -2.59. The van der Waals surface area contributed by atoms with Gasteiger partial charge in [-0.25, -0.2) is 4.89 Å². The molecule has 0 radical (unpaired) electrons. The summed E-state index contributed by atoms with van der Waals surface area (Å²) in [6.07, 6.45) is -6.44. The minimum absolute atomic E-state index is 0.0453. The Morgan fingerprint density at radius 2 is 1.39 bits per heavy atom. The van der Waals surface area contributed by atoms with Crippen molar-refractivity contribution in [2.75, 3.05) is 33.0 Å². The summed E-state index contributed by atoms with van der Waals surface area (Å²) >= 11 is 0. The van der Waals surface area contributed by atoms with Gasteiger partial charge in [0.25, 0.3) is 0 Å². The van der Waals surface area contributed by atoms with Crippen molar-refractivity contribution < 1.29 is 74.1 Å². The fourth-order valence-electron chi connectivity index (χ4n) is 5.07. The average Bonchev–Trinajstić information content (AvgIpc) is 3.03. The maximum absolute atomic E-state index is 12.4. The number of hydrogen-bond acceptors (Lipinski definition) is 15. The van der Waals surface area contributed by atoms with E-state index in [-0.39, 0.29) is 50.1 Å². The lowest BCUT2D eigenvalue weighted by Gasteiger charge is -2.39. The first-order valence-corrected chi connectivity index (χ1v) is 15.9. The third-order valence-corrected chi connectivity index (χ3v) is 7.91. The first-order valence-electron chi connectivity index (χ1n) is 15.9. The van der Waals surface area contributed by atoms with Crippen LogP contribution in [0, 0.1) is 0 Å². The van der Waals surface area contributed by atoms with Gasteiger partial charge in [0.05, 0.1) is 25.4 Å². The van der Waals surface area contributed by atoms with E-state index in [0.717, 1.165) is 0 Å². The van der Waals surface area contributed by atoms with Gasteiger partial charge in [0.2, 0.25) is 11.8 Å². The third kappa shape index (κ3) is 13.7. The Bertz CT molecular complexity index is 897. The van der Waals surface area contributed by atoms with Crippen molar-refractivity contribution in [1.29, 1.82) is 0 Å². The smallest absolute Gasteiger partial charge is 0.220 e. The van der Waals surface area contributed by atoms with Crippen LogP contribution in [0.4, 0.5) is 0 Å². The van der Waals surface area contributed by atoms with Crippen LogP contribution in [0.15, 0.2) is 0 Å². The Morgan fingerprint density at radius 1 is 0.783 bits per heavy atom. The molecule has 0 aromatic carbocycles. The molecule has 2 amide bonds. The van der Waals surface area contributed by atoms with Gasteiger partial charge in [-0.2, -0.15) is 0 Å². The summed E-state index contributed by atoms with van der Waals surface area (Å²) in [7, 11) is 0. The third-order valence-electron chi connectivity index (χ3n) is 7.91. The summed E-state index contributed by atoms with van der Waals surface area (Å²) in [6.45, 7) is 1.17. The van der Waals surface area contributed by atoms with Crippen LogP contribution < -0.4 is 10.6 Å². The molecule has 17 heteroatoms. The molecule has 10 atom stereocenters. The fraction of sp³-hybridized carbons (Fsp3) is 0.897. The van der Waals surface area contributed by atoms with Gasteiger partial charge >= 0.3 is 0 Å². The van der Waals surface area contributed by atoms with Gasteiger partial charge in [0.1, 0.15) is 36.6 Å². The van der Waals surface area contributed by atoms with Crippen LogP contribution in [0.25, 0.3) is 0 Å². The number of unbranched alkanes of at least 4 members (excludes halogenated alkanes) is 3. The predicted molar refractivity (Wildman–Crippen MR) is 157 cm³/mol. The zero-order valence-corrected chi connectivity index (χ0v) is 26.3. The Hall–Kier alpha value is -1.87. The topological polar surface area (TPSA) is 263 Å². The van der Waals surface area contributed by atoms with E-state index >= 15 is 0 Å². The number of carbonyl (C=O) groups is 3. The van der Waals surface area contributed by atoms with Gasteiger partial charge < -0.3 is 60.2 Å². The van der Waals surface area contributed by atoms with E-state index in [9.17, 15) is 45.0 Å². The maximum Gasteiger partial charge on any atom is 0.220 e. The molecule has 9 N–H and O–H groups in total. The molecule has 0 aromatic rings. The van der Waals surface area contributed by atoms with Crippen LogP contribution in [0.2, 0.25) is 0 Å². The predicted octanol–water partition coefficient (Wildman–Crippen LogP) is -2.15. The zero-order chi connectivity index (χ0) is 34.1. The van der Waals surface area contributed by atoms with Crippen molar-refractivity contribution in [3.8, 4) is 0 Å². The summed E-state index contributed by atoms with van der Waals surface area (Å²) in [5, 5.41) is 72.4. The molecule has 0 aromatic heterocycles. The number of hydrogen-bond donors (Lipinski definition) is 9. The highest BCUT2D eigenvalue weighted by molar-refractivity contribution is 5.87. The molecule has 46 heavy (non-hydrogen) atoms. The van der Waals surface area contributed by atoms with Crippen LogP contribution in [-0.4, -0.2) is 148 Å². The molecule has 268 valence electrons. The summed E-state index contributed by atoms with van der Waals surface area (Å²) < 4.78 is 21.6. The summed E-state index contributed by atoms with van der Waals surface area (Å²) in [5.74, 6) is -0.615. The van der Waals surface area contributed by atoms with Crippen LogP contribution in [-0.2, 0) is 38.2 Å². The summed E-state index contributed by atoms with van der Waals surface area (Å²) in [6, 6.07) is -0.645. The standard InChI is InChI=1S/C29H52N2O15/c1-17(34)18(31-24(37)10-4-7-13-43-29-27(40)26(39)25(38)22(16-33)45-29)8-2-5-11-30-23(36)9-3-6-12-42-28-20(46-41)14-19(35)21(15-32)44-28/h18-22,25-29,32-33,35,38-41H,2-16H2,1H3,(H,30,36)(H,31,37). The first kappa shape index (κ1) is 40.3. The number of nitrogens with one attached hydrogen (secondary N) is 2. The van der Waals surface area contributed by atoms with Gasteiger partial charge in [-0.05, 0) is 51.9 Å². The van der Waals surface area contributed by atoms with Gasteiger partial charge in [0, 0.05) is 39.0 Å². The summed E-state index contributed by atoms with van der Waals surface area (Å²) in [4.78, 5) is 40.8. The highest BCUT2D eigenvalue weighted by Crippen LogP contribution is 2.24. The Labute approximate surface area is 268 Å². The quantitative estimate of drug-likeness (QED) is 0.0338. The number of carbonyl (C=O) groups excluding carboxylic acids is 3. The molecular weight excluding hydrogens is 616 g/mol. The number of amides is 2. The van der Waals surface area contributed by atoms with Crippen molar-refractivity contribution >= 4 is 17.6 Å². The molecule has 2 rings (SSSR count). The highest BCUT2D eigenvalue weighted by atomic mass is 17.1. The van der Waals surface area contributed by atoms with Crippen molar-refractivity contribution in [3.63, 3.8) is 0 Å². The fourth-order valence-corrected chi connectivity index (χ4v) is 5.07. The molecule has 10 unspecified atom stereocenters. The number of ether oxygens (including phenoxy) is 4. The van der Waals surface area contributed by atoms with Gasteiger partial charge in [0.15, 0.2) is 18.4 Å². The van der Waals surface area contributed by atoms with Gasteiger partial charge in [-0.15, -0.1) is 0 Å². The molecule has 17 nitrogen and oxygen atoms in total. The van der Waals surface area contributed by atoms with Crippen molar-refractivity contribution in [2.45, 2.75) is 132 Å². The van der Waals surface area contributed by atoms with E-state index in [4.69, 9.17) is 24.2 Å². The van der Waals surface area contributed by atoms with E-state index in [1.807, 2.05) is 0 Å². The lowest BCUT2D eigenvalue weighted by molar-refractivity contribution is -0.365. The molecule has 0 saturated carbocycles. The Morgan fingerprint density at radius 3 is 2.00 bits per heavy atom. The molecule has 2 heterocycles. The normalized spacial score (nSPS) is 30.5. The molecule has 0 aliphatic carbocycles. The van der Waals surface area contributed by atoms with Crippen LogP contribution in [0.5, 0.6) is 0 Å². The summed E-state index contributed by atoms with van der Waals surface area (Å²) in [5.41, 5.74) is 0. The minimum atomic E-state index is -1.53. The number of aliphatic hydroxyl groups is 6. The monoisotopic (exact) mass is 668 g/mol. The van der Waals surface area contributed by atoms with Crippen LogP contribution >= 0.6 is 0 Å². The lowest BCUT2D eigenvalue weighted by atomic mass is 9.99. The Kier molecular flexibility index (Phi) is 19.2. The molecule has 2 fully saturated rings. The minimum Gasteiger partial charge on any atom is -0.394 e. The van der Waals surface area contributed by atoms with E-state index < -0.39 is 74.6 Å². The largest absolute Gasteiger partial charge is 0.394 e. The van der Waals surface area contributed by atoms with E-state index in [1.54, 1.807) is 0 Å². The van der Waals surface area contributed by atoms with Crippen molar-refractivity contribution in [2.24, 2.45) is 0 Å². The molecular formula is C29H52N2O15. The Balaban J connectivity index is 1.52. The number of aliphatic hydroxyl groups excluding tert-OH is 6. The molecule has 2 aliphatic rings. The highest BCUT2D eigenvalue weighted by Gasteiger charge is 2.44. The molecule has 0 spiro atoms. The second kappa shape index (κ2) is 21.9. The van der Waals surface area contributed by atoms with E-state index in [0.29, 0.717) is 51.5 Å². The SMILES string of the molecule is CC(=O)C(CCCCNC(=O)CCCCOC1OC(CO)C(O)CC1OO)NC(=O)CCCCOC1OC(CO)C(O)C(O)C1O. The van der Waals surface area contributed by atoms with Crippen LogP contribution in [0.1, 0.15) is 71.1 Å².